The van der Waals surface area contributed by atoms with Crippen LogP contribution in [0.1, 0.15) is 36.6 Å². The normalized spacial score (nSPS) is 14.9. The smallest absolute Gasteiger partial charge is 0.338 e. The molecular weight excluding hydrogens is 612 g/mol. The van der Waals surface area contributed by atoms with Crippen molar-refractivity contribution >= 4 is 50.1 Å². The van der Waals surface area contributed by atoms with Crippen LogP contribution in [0.25, 0.3) is 16.8 Å². The van der Waals surface area contributed by atoms with Crippen LogP contribution in [0.15, 0.2) is 117 Å². The molecule has 0 saturated carbocycles. The fourth-order valence-corrected chi connectivity index (χ4v) is 6.44. The van der Waals surface area contributed by atoms with E-state index in [9.17, 15) is 9.59 Å². The molecular formula is C34H27BrN2O4S. The highest BCUT2D eigenvalue weighted by atomic mass is 79.9. The largest absolute Gasteiger partial charge is 0.489 e. The van der Waals surface area contributed by atoms with Crippen LogP contribution in [0, 0.1) is 0 Å². The second-order valence-electron chi connectivity index (χ2n) is 9.85. The van der Waals surface area contributed by atoms with Gasteiger partial charge >= 0.3 is 5.97 Å². The molecule has 4 aromatic carbocycles. The summed E-state index contributed by atoms with van der Waals surface area (Å²) in [4.78, 5) is 32.5. The number of carbonyl (C=O) groups excluding carboxylic acids is 1. The summed E-state index contributed by atoms with van der Waals surface area (Å²) in [6.07, 6.45) is 1.85. The maximum atomic E-state index is 14.0. The van der Waals surface area contributed by atoms with E-state index in [2.05, 4.69) is 15.9 Å². The maximum Gasteiger partial charge on any atom is 0.338 e. The summed E-state index contributed by atoms with van der Waals surface area (Å²) in [5.41, 5.74) is 3.50. The molecule has 1 atom stereocenters. The zero-order valence-electron chi connectivity index (χ0n) is 23.0. The van der Waals surface area contributed by atoms with E-state index in [-0.39, 0.29) is 12.2 Å². The van der Waals surface area contributed by atoms with Gasteiger partial charge in [-0.1, -0.05) is 94.0 Å². The molecule has 0 amide bonds. The zero-order chi connectivity index (χ0) is 29.2. The van der Waals surface area contributed by atoms with Gasteiger partial charge in [-0.2, -0.15) is 0 Å². The molecule has 0 aliphatic carbocycles. The third kappa shape index (κ3) is 5.47. The molecule has 0 bridgehead atoms. The summed E-state index contributed by atoms with van der Waals surface area (Å²) in [7, 11) is 0. The van der Waals surface area contributed by atoms with Crippen LogP contribution in [-0.4, -0.2) is 17.1 Å². The first-order chi connectivity index (χ1) is 20.4. The average molecular weight is 640 g/mol. The third-order valence-electron chi connectivity index (χ3n) is 7.13. The monoisotopic (exact) mass is 638 g/mol. The predicted octanol–water partition coefficient (Wildman–Crippen LogP) is 6.29. The van der Waals surface area contributed by atoms with Crippen molar-refractivity contribution < 1.29 is 14.3 Å². The highest BCUT2D eigenvalue weighted by Gasteiger charge is 2.34. The molecule has 6 nitrogen and oxygen atoms in total. The number of hydrogen-bond acceptors (Lipinski definition) is 6. The van der Waals surface area contributed by atoms with Gasteiger partial charge in [0.2, 0.25) is 0 Å². The lowest BCUT2D eigenvalue weighted by Crippen LogP contribution is -2.40. The first kappa shape index (κ1) is 27.9. The lowest BCUT2D eigenvalue weighted by Gasteiger charge is -2.25. The Labute approximate surface area is 255 Å². The van der Waals surface area contributed by atoms with Gasteiger partial charge in [0.05, 0.1) is 28.5 Å². The molecule has 42 heavy (non-hydrogen) atoms. The summed E-state index contributed by atoms with van der Waals surface area (Å²) < 4.78 is 14.6. The van der Waals surface area contributed by atoms with E-state index in [1.54, 1.807) is 18.4 Å². The van der Waals surface area contributed by atoms with Crippen molar-refractivity contribution in [1.29, 1.82) is 0 Å². The highest BCUT2D eigenvalue weighted by Crippen LogP contribution is 2.34. The molecule has 8 heteroatoms. The van der Waals surface area contributed by atoms with Crippen LogP contribution in [0.2, 0.25) is 0 Å². The average Bonchev–Trinajstić information content (AvgIpc) is 3.30. The Morgan fingerprint density at radius 1 is 1.00 bits per heavy atom. The molecule has 210 valence electrons. The van der Waals surface area contributed by atoms with Crippen molar-refractivity contribution in [3.63, 3.8) is 0 Å². The standard InChI is InChI=1S/C34H27BrN2O4S/c1-3-40-33(39)30-21(2)36-34-37(31(30)28-10-6-8-24-7-4-5-9-27(24)28)32(38)29(42-34)19-22-13-17-26(18-14-22)41-20-23-11-15-25(35)16-12-23/h4-19,31H,3,20H2,1-2H3/b29-19+/t31-/m0/s1. The molecule has 5 aromatic rings. The Hall–Kier alpha value is -4.27. The number of rotatable bonds is 7. The number of benzene rings is 4. The summed E-state index contributed by atoms with van der Waals surface area (Å²) in [5.74, 6) is 0.270. The summed E-state index contributed by atoms with van der Waals surface area (Å²) in [6, 6.07) is 28.9. The Bertz CT molecular complexity index is 2000. The summed E-state index contributed by atoms with van der Waals surface area (Å²) in [5, 5.41) is 1.99. The zero-order valence-corrected chi connectivity index (χ0v) is 25.4. The number of nitrogens with zero attached hydrogens (tertiary/aromatic N) is 2. The predicted molar refractivity (Wildman–Crippen MR) is 169 cm³/mol. The van der Waals surface area contributed by atoms with Crippen molar-refractivity contribution in [3.8, 4) is 5.75 Å². The molecule has 0 saturated heterocycles. The molecule has 0 N–H and O–H groups in total. The number of ether oxygens (including phenoxy) is 2. The van der Waals surface area contributed by atoms with E-state index < -0.39 is 12.0 Å². The number of fused-ring (bicyclic) bond motifs is 2. The molecule has 2 heterocycles. The number of thiazole rings is 1. The van der Waals surface area contributed by atoms with E-state index in [4.69, 9.17) is 14.5 Å². The Morgan fingerprint density at radius 3 is 2.50 bits per heavy atom. The van der Waals surface area contributed by atoms with Gasteiger partial charge in [-0.05, 0) is 71.7 Å². The minimum Gasteiger partial charge on any atom is -0.489 e. The summed E-state index contributed by atoms with van der Waals surface area (Å²) >= 11 is 4.76. The van der Waals surface area contributed by atoms with Crippen LogP contribution in [0.4, 0.5) is 0 Å². The lowest BCUT2D eigenvalue weighted by atomic mass is 9.91. The van der Waals surface area contributed by atoms with E-state index in [0.29, 0.717) is 27.2 Å². The van der Waals surface area contributed by atoms with Crippen molar-refractivity contribution in [1.82, 2.24) is 4.57 Å². The third-order valence-corrected chi connectivity index (χ3v) is 8.64. The van der Waals surface area contributed by atoms with Crippen LogP contribution in [0.3, 0.4) is 0 Å². The quantitative estimate of drug-likeness (QED) is 0.196. The van der Waals surface area contributed by atoms with Crippen molar-refractivity contribution in [3.05, 3.63) is 143 Å². The minimum atomic E-state index is -0.664. The van der Waals surface area contributed by atoms with Gasteiger partial charge in [0, 0.05) is 4.47 Å². The van der Waals surface area contributed by atoms with Crippen LogP contribution in [0.5, 0.6) is 5.75 Å². The number of hydrogen-bond donors (Lipinski definition) is 0. The number of allylic oxidation sites excluding steroid dienone is 1. The van der Waals surface area contributed by atoms with Gasteiger partial charge in [0.1, 0.15) is 12.4 Å². The van der Waals surface area contributed by atoms with Gasteiger partial charge in [0.25, 0.3) is 5.56 Å². The van der Waals surface area contributed by atoms with E-state index in [1.807, 2.05) is 97.1 Å². The van der Waals surface area contributed by atoms with E-state index in [0.717, 1.165) is 37.7 Å². The fraction of sp³-hybridized carbons (Fsp3) is 0.147. The molecule has 0 unspecified atom stereocenters. The molecule has 1 aliphatic heterocycles. The van der Waals surface area contributed by atoms with Gasteiger partial charge in [-0.25, -0.2) is 9.79 Å². The fourth-order valence-electron chi connectivity index (χ4n) is 5.13. The first-order valence-corrected chi connectivity index (χ1v) is 15.2. The second kappa shape index (κ2) is 11.9. The van der Waals surface area contributed by atoms with Crippen molar-refractivity contribution in [2.75, 3.05) is 6.61 Å². The van der Waals surface area contributed by atoms with E-state index in [1.165, 1.54) is 11.3 Å². The summed E-state index contributed by atoms with van der Waals surface area (Å²) in [6.45, 7) is 4.26. The van der Waals surface area contributed by atoms with Crippen LogP contribution >= 0.6 is 27.3 Å². The minimum absolute atomic E-state index is 0.207. The van der Waals surface area contributed by atoms with E-state index >= 15 is 0 Å². The Kier molecular flexibility index (Phi) is 7.91. The molecule has 0 radical (unpaired) electrons. The lowest BCUT2D eigenvalue weighted by molar-refractivity contribution is -0.139. The van der Waals surface area contributed by atoms with Gasteiger partial charge in [-0.3, -0.25) is 9.36 Å². The van der Waals surface area contributed by atoms with Crippen LogP contribution < -0.4 is 19.6 Å². The number of aromatic nitrogens is 1. The van der Waals surface area contributed by atoms with Gasteiger partial charge < -0.3 is 9.47 Å². The topological polar surface area (TPSA) is 69.9 Å². The van der Waals surface area contributed by atoms with Crippen molar-refractivity contribution in [2.45, 2.75) is 26.5 Å². The molecule has 1 aromatic heterocycles. The molecule has 1 aliphatic rings. The Balaban J connectivity index is 1.39. The van der Waals surface area contributed by atoms with Gasteiger partial charge in [0.15, 0.2) is 4.80 Å². The Morgan fingerprint density at radius 2 is 1.74 bits per heavy atom. The first-order valence-electron chi connectivity index (χ1n) is 13.6. The molecule has 0 spiro atoms. The molecule has 0 fully saturated rings. The number of esters is 1. The highest BCUT2D eigenvalue weighted by molar-refractivity contribution is 9.10. The maximum absolute atomic E-state index is 14.0. The van der Waals surface area contributed by atoms with Gasteiger partial charge in [-0.15, -0.1) is 0 Å². The van der Waals surface area contributed by atoms with Crippen LogP contribution in [-0.2, 0) is 16.1 Å². The number of carbonyl (C=O) groups is 1. The van der Waals surface area contributed by atoms with Crippen molar-refractivity contribution in [2.24, 2.45) is 4.99 Å². The number of halogens is 1. The second-order valence-corrected chi connectivity index (χ2v) is 11.8. The molecule has 6 rings (SSSR count). The SMILES string of the molecule is CCOC(=O)C1=C(C)N=c2s/c(=C/c3ccc(OCc4ccc(Br)cc4)cc3)c(=O)n2[C@H]1c1cccc2ccccc12.